The van der Waals surface area contributed by atoms with Crippen LogP contribution >= 0.6 is 0 Å². The predicted molar refractivity (Wildman–Crippen MR) is 117 cm³/mol. The Morgan fingerprint density at radius 3 is 2.55 bits per heavy atom. The molecule has 0 aliphatic heterocycles. The predicted octanol–water partition coefficient (Wildman–Crippen LogP) is 3.68. The van der Waals surface area contributed by atoms with E-state index < -0.39 is 47.4 Å². The molecule has 172 valence electrons. The average molecular weight is 457 g/mol. The highest BCUT2D eigenvalue weighted by Gasteiger charge is 2.21. The van der Waals surface area contributed by atoms with Crippen LogP contribution in [0.3, 0.4) is 0 Å². The highest BCUT2D eigenvalue weighted by molar-refractivity contribution is 5.91. The number of aliphatic carboxylic acids is 1. The van der Waals surface area contributed by atoms with Crippen LogP contribution in [-0.2, 0) is 11.8 Å². The van der Waals surface area contributed by atoms with Gasteiger partial charge < -0.3 is 25.4 Å². The van der Waals surface area contributed by atoms with Crippen LogP contribution in [0.5, 0.6) is 5.75 Å². The van der Waals surface area contributed by atoms with Crippen LogP contribution in [-0.4, -0.2) is 26.8 Å². The summed E-state index contributed by atoms with van der Waals surface area (Å²) in [6, 6.07) is 7.70. The minimum absolute atomic E-state index is 0.0245. The van der Waals surface area contributed by atoms with Crippen LogP contribution in [0.4, 0.5) is 19.3 Å². The molecule has 0 aliphatic rings. The molecule has 4 N–H and O–H groups in total. The number of benzene rings is 2. The number of pyridine rings is 1. The molecule has 3 aromatic rings. The lowest BCUT2D eigenvalue weighted by Gasteiger charge is -2.19. The molecule has 2 amide bonds. The van der Waals surface area contributed by atoms with Crippen LogP contribution < -0.4 is 16.2 Å². The summed E-state index contributed by atoms with van der Waals surface area (Å²) < 4.78 is 29.0. The van der Waals surface area contributed by atoms with Crippen molar-refractivity contribution in [2.24, 2.45) is 7.05 Å². The number of nitrogens with one attached hydrogen (secondary N) is 2. The van der Waals surface area contributed by atoms with Gasteiger partial charge in [-0.3, -0.25) is 9.59 Å². The standard InChI is InChI=1S/C23H21F2N3O5/c1-12-11-28(2)22(32)20(21(12)31)27-23(33)26-17(10-18(29)30)14-6-3-5-13(9-14)15-7-4-8-16(24)19(15)25/h3-9,11,17,31H,10H2,1-2H3,(H,29,30)(H2,26,27,33)/t17-/m0/s1. The molecule has 0 spiro atoms. The molecule has 33 heavy (non-hydrogen) atoms. The Morgan fingerprint density at radius 1 is 1.15 bits per heavy atom. The third kappa shape index (κ3) is 5.17. The molecule has 0 radical (unpaired) electrons. The van der Waals surface area contributed by atoms with Gasteiger partial charge in [0.1, 0.15) is 5.75 Å². The summed E-state index contributed by atoms with van der Waals surface area (Å²) in [5.74, 6) is -3.72. The molecule has 1 aromatic heterocycles. The van der Waals surface area contributed by atoms with E-state index in [4.69, 9.17) is 0 Å². The first-order valence-corrected chi connectivity index (χ1v) is 9.81. The van der Waals surface area contributed by atoms with Crippen molar-refractivity contribution < 1.29 is 28.6 Å². The van der Waals surface area contributed by atoms with Crippen molar-refractivity contribution in [2.75, 3.05) is 5.32 Å². The number of rotatable bonds is 6. The molecule has 8 nitrogen and oxygen atoms in total. The summed E-state index contributed by atoms with van der Waals surface area (Å²) in [7, 11) is 1.45. The van der Waals surface area contributed by atoms with Crippen molar-refractivity contribution in [3.05, 3.63) is 81.8 Å². The van der Waals surface area contributed by atoms with Crippen molar-refractivity contribution in [1.29, 1.82) is 0 Å². The van der Waals surface area contributed by atoms with E-state index in [2.05, 4.69) is 10.6 Å². The number of carboxylic acid groups (broad SMARTS) is 1. The number of aromatic hydroxyl groups is 1. The van der Waals surface area contributed by atoms with Gasteiger partial charge in [0.2, 0.25) is 0 Å². The van der Waals surface area contributed by atoms with Crippen LogP contribution in [0.25, 0.3) is 11.1 Å². The number of halogens is 2. The maximum Gasteiger partial charge on any atom is 0.319 e. The van der Waals surface area contributed by atoms with Crippen molar-refractivity contribution in [3.63, 3.8) is 0 Å². The maximum atomic E-state index is 14.2. The quantitative estimate of drug-likeness (QED) is 0.450. The summed E-state index contributed by atoms with van der Waals surface area (Å²) in [5.41, 5.74) is -0.100. The molecule has 10 heteroatoms. The van der Waals surface area contributed by atoms with Gasteiger partial charge >= 0.3 is 12.0 Å². The smallest absolute Gasteiger partial charge is 0.319 e. The fourth-order valence-electron chi connectivity index (χ4n) is 3.38. The Labute approximate surface area is 187 Å². The van der Waals surface area contributed by atoms with Gasteiger partial charge in [0, 0.05) is 24.4 Å². The first-order chi connectivity index (χ1) is 15.6. The van der Waals surface area contributed by atoms with E-state index in [0.29, 0.717) is 11.1 Å². The zero-order valence-electron chi connectivity index (χ0n) is 17.7. The van der Waals surface area contributed by atoms with Crippen LogP contribution in [0.1, 0.15) is 23.6 Å². The number of anilines is 1. The number of hydrogen-bond donors (Lipinski definition) is 4. The zero-order chi connectivity index (χ0) is 24.3. The molecule has 0 saturated carbocycles. The Kier molecular flexibility index (Phi) is 6.76. The lowest BCUT2D eigenvalue weighted by Crippen LogP contribution is -2.36. The highest BCUT2D eigenvalue weighted by Crippen LogP contribution is 2.28. The third-order valence-electron chi connectivity index (χ3n) is 5.01. The van der Waals surface area contributed by atoms with Gasteiger partial charge in [0.15, 0.2) is 17.3 Å². The molecule has 0 fully saturated rings. The molecule has 0 bridgehead atoms. The summed E-state index contributed by atoms with van der Waals surface area (Å²) in [4.78, 5) is 36.2. The van der Waals surface area contributed by atoms with Gasteiger partial charge in [-0.2, -0.15) is 0 Å². The largest absolute Gasteiger partial charge is 0.505 e. The first-order valence-electron chi connectivity index (χ1n) is 9.81. The first kappa shape index (κ1) is 23.5. The maximum absolute atomic E-state index is 14.2. The van der Waals surface area contributed by atoms with Gasteiger partial charge in [-0.1, -0.05) is 30.3 Å². The lowest BCUT2D eigenvalue weighted by molar-refractivity contribution is -0.137. The van der Waals surface area contributed by atoms with E-state index in [1.807, 2.05) is 0 Å². The summed E-state index contributed by atoms with van der Waals surface area (Å²) >= 11 is 0. The van der Waals surface area contributed by atoms with Crippen molar-refractivity contribution in [3.8, 4) is 16.9 Å². The van der Waals surface area contributed by atoms with Gasteiger partial charge in [-0.05, 0) is 30.2 Å². The topological polar surface area (TPSA) is 121 Å². The number of carboxylic acids is 1. The Morgan fingerprint density at radius 2 is 1.85 bits per heavy atom. The number of aromatic nitrogens is 1. The summed E-state index contributed by atoms with van der Waals surface area (Å²) in [6.45, 7) is 1.54. The van der Waals surface area contributed by atoms with Crippen LogP contribution in [0, 0.1) is 18.6 Å². The molecular formula is C23H21F2N3O5. The van der Waals surface area contributed by atoms with E-state index in [9.17, 15) is 33.4 Å². The van der Waals surface area contributed by atoms with E-state index >= 15 is 0 Å². The van der Waals surface area contributed by atoms with Gasteiger partial charge in [-0.15, -0.1) is 0 Å². The fraction of sp³-hybridized carbons (Fsp3) is 0.174. The molecule has 0 unspecified atom stereocenters. The Bertz CT molecular complexity index is 1290. The number of carbonyl (C=O) groups is 2. The minimum Gasteiger partial charge on any atom is -0.505 e. The Balaban J connectivity index is 1.91. The second kappa shape index (κ2) is 9.51. The lowest BCUT2D eigenvalue weighted by atomic mass is 9.97. The normalized spacial score (nSPS) is 11.6. The van der Waals surface area contributed by atoms with E-state index in [-0.39, 0.29) is 16.8 Å². The Hall–Kier alpha value is -4.21. The highest BCUT2D eigenvalue weighted by atomic mass is 19.2. The zero-order valence-corrected chi connectivity index (χ0v) is 17.7. The molecular weight excluding hydrogens is 436 g/mol. The molecule has 1 heterocycles. The van der Waals surface area contributed by atoms with Crippen LogP contribution in [0.15, 0.2) is 53.5 Å². The number of carbonyl (C=O) groups excluding carboxylic acids is 1. The van der Waals surface area contributed by atoms with E-state index in [1.165, 1.54) is 54.2 Å². The van der Waals surface area contributed by atoms with Gasteiger partial charge in [0.05, 0.1) is 12.5 Å². The molecule has 2 aromatic carbocycles. The van der Waals surface area contributed by atoms with Crippen molar-refractivity contribution in [2.45, 2.75) is 19.4 Å². The summed E-state index contributed by atoms with van der Waals surface area (Å²) in [6.07, 6.45) is 0.866. The van der Waals surface area contributed by atoms with Gasteiger partial charge in [0.25, 0.3) is 5.56 Å². The molecule has 0 aliphatic carbocycles. The molecule has 1 atom stereocenters. The fourth-order valence-corrected chi connectivity index (χ4v) is 3.38. The third-order valence-corrected chi connectivity index (χ3v) is 5.01. The second-order valence-corrected chi connectivity index (χ2v) is 7.43. The number of amides is 2. The molecule has 3 rings (SSSR count). The summed E-state index contributed by atoms with van der Waals surface area (Å²) in [5, 5.41) is 24.2. The van der Waals surface area contributed by atoms with Crippen molar-refractivity contribution >= 4 is 17.7 Å². The molecule has 0 saturated heterocycles. The van der Waals surface area contributed by atoms with Crippen LogP contribution in [0.2, 0.25) is 0 Å². The minimum atomic E-state index is -1.23. The number of nitrogens with zero attached hydrogens (tertiary/aromatic N) is 1. The van der Waals surface area contributed by atoms with Crippen molar-refractivity contribution in [1.82, 2.24) is 9.88 Å². The van der Waals surface area contributed by atoms with E-state index in [1.54, 1.807) is 6.92 Å². The number of urea groups is 1. The number of hydrogen-bond acceptors (Lipinski definition) is 4. The van der Waals surface area contributed by atoms with E-state index in [0.717, 1.165) is 6.07 Å². The average Bonchev–Trinajstić information content (AvgIpc) is 2.76. The monoisotopic (exact) mass is 457 g/mol. The second-order valence-electron chi connectivity index (χ2n) is 7.43. The van der Waals surface area contributed by atoms with Gasteiger partial charge in [-0.25, -0.2) is 13.6 Å². The number of aryl methyl sites for hydroxylation is 2. The SMILES string of the molecule is Cc1cn(C)c(=O)c(NC(=O)N[C@@H](CC(=O)O)c2cccc(-c3cccc(F)c3F)c2)c1O.